The molecule has 0 bridgehead atoms. The number of carbonyl (C=O) groups is 1. The normalized spacial score (nSPS) is 14.9. The van der Waals surface area contributed by atoms with Gasteiger partial charge in [-0.2, -0.15) is 15.3 Å². The second kappa shape index (κ2) is 18.8. The van der Waals surface area contributed by atoms with Crippen LogP contribution in [0.5, 0.6) is 5.75 Å². The number of nitrogens with one attached hydrogen (secondary N) is 4. The number of carbonyl (C=O) groups excluding carboxylic acids is 1. The number of aryl methyl sites for hydroxylation is 1. The van der Waals surface area contributed by atoms with Crippen molar-refractivity contribution in [2.24, 2.45) is 7.05 Å². The van der Waals surface area contributed by atoms with Gasteiger partial charge < -0.3 is 24.8 Å². The molecule has 65 heavy (non-hydrogen) atoms. The molecule has 5 aromatic carbocycles. The summed E-state index contributed by atoms with van der Waals surface area (Å²) in [6.07, 6.45) is 3.78. The van der Waals surface area contributed by atoms with E-state index in [9.17, 15) is 14.0 Å². The van der Waals surface area contributed by atoms with Crippen molar-refractivity contribution in [3.63, 3.8) is 0 Å². The summed E-state index contributed by atoms with van der Waals surface area (Å²) in [4.78, 5) is 29.8. The zero-order valence-corrected chi connectivity index (χ0v) is 36.0. The molecule has 1 aliphatic rings. The van der Waals surface area contributed by atoms with Crippen LogP contribution < -0.4 is 20.9 Å². The van der Waals surface area contributed by atoms with Crippen LogP contribution in [0.1, 0.15) is 59.1 Å². The highest BCUT2D eigenvalue weighted by atomic mass is 35.5. The van der Waals surface area contributed by atoms with Crippen molar-refractivity contribution < 1.29 is 27.8 Å². The highest BCUT2D eigenvalue weighted by molar-refractivity contribution is 6.30. The summed E-state index contributed by atoms with van der Waals surface area (Å²) >= 11 is 6.10. The van der Waals surface area contributed by atoms with Crippen LogP contribution in [0, 0.1) is 11.6 Å². The summed E-state index contributed by atoms with van der Waals surface area (Å²) in [6, 6.07) is 27.7. The first-order valence-corrected chi connectivity index (χ1v) is 21.3. The molecule has 0 saturated heterocycles. The molecule has 0 unspecified atom stereocenters. The third-order valence-corrected chi connectivity index (χ3v) is 11.5. The highest BCUT2D eigenvalue weighted by Crippen LogP contribution is 2.46. The van der Waals surface area contributed by atoms with E-state index in [1.165, 1.54) is 24.5 Å². The smallest absolute Gasteiger partial charge is 0.272 e. The van der Waals surface area contributed by atoms with Crippen LogP contribution in [0.3, 0.4) is 0 Å². The number of aromatic nitrogens is 7. The van der Waals surface area contributed by atoms with Crippen LogP contribution >= 0.6 is 11.6 Å². The van der Waals surface area contributed by atoms with Gasteiger partial charge in [0.2, 0.25) is 5.91 Å². The van der Waals surface area contributed by atoms with Gasteiger partial charge in [0.1, 0.15) is 42.7 Å². The van der Waals surface area contributed by atoms with Crippen LogP contribution in [0.4, 0.5) is 20.2 Å². The highest BCUT2D eigenvalue weighted by Gasteiger charge is 2.38. The number of H-pyrrole nitrogens is 2. The number of aromatic amines is 2. The number of fused-ring (bicyclic) bond motifs is 1. The molecule has 17 heteroatoms. The predicted octanol–water partition coefficient (Wildman–Crippen LogP) is 8.58. The molecule has 0 radical (unpaired) electrons. The van der Waals surface area contributed by atoms with Crippen LogP contribution in [-0.2, 0) is 21.3 Å². The fraction of sp³-hybridized carbons (Fsp3) is 0.208. The molecule has 4 N–H and O–H groups in total. The number of benzene rings is 5. The van der Waals surface area contributed by atoms with Gasteiger partial charge in [0.25, 0.3) is 5.56 Å². The molecular weight excluding hydrogens is 856 g/mol. The number of hydrogen-bond donors (Lipinski definition) is 4. The molecule has 0 aliphatic carbocycles. The number of nitrogens with zero attached hydrogens (tertiary/aromatic N) is 5. The summed E-state index contributed by atoms with van der Waals surface area (Å²) in [6.45, 7) is 2.86. The maximum absolute atomic E-state index is 15.3. The SMILES string of the molecule is CC/C(=C(/c1ccc(OCCOCCOCC(=O)Nc2ccc([C@H]3Nc4cc(F)cc5c(=O)[nH]nc(c45)[C@@H]3c3ncnn3C)cc2)cc1)c1ccc2[nH]ncc2c1)c1ccc(Cl)cc1F. The second-order valence-corrected chi connectivity index (χ2v) is 15.8. The lowest BCUT2D eigenvalue weighted by molar-refractivity contribution is -0.121. The standard InChI is InChI=1S/C48H42ClF2N9O5/c1-3-35(36-14-9-31(49)21-38(36)51)42(29-8-15-39-30(20-29)24-53-57-39)27-6-12-34(13-7-27)65-19-18-63-16-17-64-25-41(61)55-33-10-4-28(5-11-33)45-44(47-52-26-54-60(47)2)46-43-37(48(62)59-58-46)22-32(50)23-40(43)56-45/h4-15,20-24,26,44-45,56H,3,16-19,25H2,1-2H3,(H,53,57)(H,55,61)(H,59,62)/b42-35+/t44-,45-/m1/s1. The molecule has 8 aromatic rings. The van der Waals surface area contributed by atoms with Gasteiger partial charge in [0.15, 0.2) is 0 Å². The lowest BCUT2D eigenvalue weighted by Crippen LogP contribution is -2.30. The Labute approximate surface area is 375 Å². The first-order chi connectivity index (χ1) is 31.6. The van der Waals surface area contributed by atoms with Gasteiger partial charge in [0.05, 0.1) is 54.6 Å². The molecule has 0 saturated carbocycles. The number of amides is 1. The lowest BCUT2D eigenvalue weighted by Gasteiger charge is -2.33. The van der Waals surface area contributed by atoms with Gasteiger partial charge in [-0.3, -0.25) is 19.4 Å². The minimum Gasteiger partial charge on any atom is -0.491 e. The van der Waals surface area contributed by atoms with Crippen LogP contribution in [0.25, 0.3) is 32.8 Å². The fourth-order valence-electron chi connectivity index (χ4n) is 8.31. The zero-order valence-electron chi connectivity index (χ0n) is 35.2. The van der Waals surface area contributed by atoms with E-state index < -0.39 is 23.3 Å². The lowest BCUT2D eigenvalue weighted by atomic mass is 9.83. The van der Waals surface area contributed by atoms with Crippen LogP contribution in [0.15, 0.2) is 114 Å². The second-order valence-electron chi connectivity index (χ2n) is 15.4. The maximum Gasteiger partial charge on any atom is 0.272 e. The van der Waals surface area contributed by atoms with Gasteiger partial charge in [-0.25, -0.2) is 18.9 Å². The monoisotopic (exact) mass is 897 g/mol. The Morgan fingerprint density at radius 2 is 1.68 bits per heavy atom. The van der Waals surface area contributed by atoms with E-state index in [-0.39, 0.29) is 43.5 Å². The maximum atomic E-state index is 15.3. The molecule has 9 rings (SSSR count). The molecule has 1 aliphatic heterocycles. The average molecular weight is 898 g/mol. The summed E-state index contributed by atoms with van der Waals surface area (Å²) in [7, 11) is 1.77. The predicted molar refractivity (Wildman–Crippen MR) is 244 cm³/mol. The van der Waals surface area contributed by atoms with Gasteiger partial charge in [-0.1, -0.05) is 54.9 Å². The fourth-order valence-corrected chi connectivity index (χ4v) is 8.47. The van der Waals surface area contributed by atoms with Crippen molar-refractivity contribution in [2.75, 3.05) is 43.7 Å². The molecule has 330 valence electrons. The van der Waals surface area contributed by atoms with Crippen molar-refractivity contribution in [3.8, 4) is 5.75 Å². The molecule has 2 atom stereocenters. The Bertz CT molecular complexity index is 3120. The third-order valence-electron chi connectivity index (χ3n) is 11.3. The van der Waals surface area contributed by atoms with E-state index in [4.69, 9.17) is 25.8 Å². The minimum absolute atomic E-state index is 0.181. The van der Waals surface area contributed by atoms with E-state index >= 15 is 4.39 Å². The Hall–Kier alpha value is -7.27. The number of hydrogen-bond acceptors (Lipinski definition) is 10. The topological polar surface area (TPSA) is 174 Å². The number of allylic oxidation sites excluding steroid dienone is 1. The first kappa shape index (κ1) is 43.0. The van der Waals surface area contributed by atoms with Gasteiger partial charge in [-0.15, -0.1) is 0 Å². The molecular formula is C48H42ClF2N9O5. The Kier molecular flexibility index (Phi) is 12.5. The summed E-state index contributed by atoms with van der Waals surface area (Å²) in [5.41, 5.74) is 6.77. The molecule has 0 spiro atoms. The summed E-state index contributed by atoms with van der Waals surface area (Å²) in [5, 5.41) is 26.5. The van der Waals surface area contributed by atoms with E-state index in [0.717, 1.165) is 38.7 Å². The largest absolute Gasteiger partial charge is 0.491 e. The number of halogens is 3. The van der Waals surface area contributed by atoms with E-state index in [1.54, 1.807) is 42.2 Å². The first-order valence-electron chi connectivity index (χ1n) is 20.9. The van der Waals surface area contributed by atoms with E-state index in [2.05, 4.69) is 41.1 Å². The number of anilines is 2. The average Bonchev–Trinajstić information content (AvgIpc) is 3.96. The Morgan fingerprint density at radius 3 is 2.45 bits per heavy atom. The van der Waals surface area contributed by atoms with Crippen LogP contribution in [-0.4, -0.2) is 74.1 Å². The molecule has 14 nitrogen and oxygen atoms in total. The summed E-state index contributed by atoms with van der Waals surface area (Å²) < 4.78 is 48.8. The Morgan fingerprint density at radius 1 is 0.892 bits per heavy atom. The number of ether oxygens (including phenoxy) is 3. The molecule has 1 amide bonds. The number of rotatable bonds is 16. The quantitative estimate of drug-likeness (QED) is 0.0544. The van der Waals surface area contributed by atoms with E-state index in [1.807, 2.05) is 61.5 Å². The van der Waals surface area contributed by atoms with Crippen molar-refractivity contribution in [2.45, 2.75) is 25.3 Å². The van der Waals surface area contributed by atoms with Crippen molar-refractivity contribution >= 4 is 61.7 Å². The Balaban J connectivity index is 0.758. The van der Waals surface area contributed by atoms with Crippen LogP contribution in [0.2, 0.25) is 5.02 Å². The minimum atomic E-state index is -0.556. The van der Waals surface area contributed by atoms with Gasteiger partial charge >= 0.3 is 0 Å². The van der Waals surface area contributed by atoms with Crippen molar-refractivity contribution in [3.05, 3.63) is 170 Å². The summed E-state index contributed by atoms with van der Waals surface area (Å²) in [5.74, 6) is -0.536. The van der Waals surface area contributed by atoms with Crippen molar-refractivity contribution in [1.82, 2.24) is 35.2 Å². The molecule has 0 fully saturated rings. The molecule has 3 aromatic heterocycles. The third kappa shape index (κ3) is 9.09. The van der Waals surface area contributed by atoms with E-state index in [0.29, 0.717) is 57.6 Å². The molecule has 4 heterocycles. The van der Waals surface area contributed by atoms with Gasteiger partial charge in [0, 0.05) is 39.8 Å². The van der Waals surface area contributed by atoms with Gasteiger partial charge in [-0.05, 0) is 94.9 Å². The van der Waals surface area contributed by atoms with Crippen molar-refractivity contribution in [1.29, 1.82) is 0 Å². The zero-order chi connectivity index (χ0) is 45.0.